The number of carbonyl (C=O) groups is 4. The molecule has 4 aliphatic rings. The predicted molar refractivity (Wildman–Crippen MR) is 293 cm³/mol. The van der Waals surface area contributed by atoms with Crippen LogP contribution in [0.1, 0.15) is 267 Å². The molecular weight excluding hydrogens is 901 g/mol. The summed E-state index contributed by atoms with van der Waals surface area (Å²) in [6.07, 6.45) is 34.8. The van der Waals surface area contributed by atoms with Crippen LogP contribution >= 0.6 is 0 Å². The number of hydrogen-bond donors (Lipinski definition) is 2. The minimum atomic E-state index is -0.336. The van der Waals surface area contributed by atoms with Gasteiger partial charge >= 0.3 is 17.9 Å². The molecule has 1 amide bonds. The maximum Gasteiger partial charge on any atom is 0.306 e. The van der Waals surface area contributed by atoms with Gasteiger partial charge in [-0.15, -0.1) is 0 Å². The molecule has 0 spiro atoms. The van der Waals surface area contributed by atoms with Crippen LogP contribution in [0, 0.1) is 52.3 Å². The van der Waals surface area contributed by atoms with E-state index < -0.39 is 0 Å². The normalized spacial score (nSPS) is 28.2. The van der Waals surface area contributed by atoms with E-state index in [1.54, 1.807) is 0 Å². The molecular formula is C62H112N2O8. The van der Waals surface area contributed by atoms with Crippen LogP contribution in [0.3, 0.4) is 0 Å². The Balaban J connectivity index is 1.20. The summed E-state index contributed by atoms with van der Waals surface area (Å²) in [5.41, 5.74) is 0.316. The van der Waals surface area contributed by atoms with Gasteiger partial charge in [0.15, 0.2) is 0 Å². The van der Waals surface area contributed by atoms with Crippen LogP contribution in [0.15, 0.2) is 0 Å². The first kappa shape index (κ1) is 62.3. The summed E-state index contributed by atoms with van der Waals surface area (Å²) >= 11 is 0. The SMILES string of the molecule is CCCCCCCCCCCCCCNC(=O)CC[C@@H](C)[C@H]1CC[C@H]2[C@@H]3[C@H](O)[C@H](CC)[C@@H]4C[C@H](OC(=O)CCCN(CCCOC(=O)CCCCC)CCCOC(=O)CCCCC)CC[C@]4(C)[C@H]3CC[C@]12C. The topological polar surface area (TPSA) is 131 Å². The number of amides is 1. The monoisotopic (exact) mass is 1010 g/mol. The molecule has 10 nitrogen and oxygen atoms in total. The molecule has 418 valence electrons. The van der Waals surface area contributed by atoms with Gasteiger partial charge < -0.3 is 29.5 Å². The third-order valence-corrected chi connectivity index (χ3v) is 19.2. The number of nitrogens with zero attached hydrogens (tertiary/aromatic N) is 1. The number of ether oxygens (including phenoxy) is 3. The molecule has 0 unspecified atom stereocenters. The number of hydrogen-bond acceptors (Lipinski definition) is 9. The molecule has 72 heavy (non-hydrogen) atoms. The Kier molecular flexibility index (Phi) is 29.8. The second-order valence-electron chi connectivity index (χ2n) is 24.3. The second kappa shape index (κ2) is 34.5. The van der Waals surface area contributed by atoms with Crippen molar-refractivity contribution in [3.8, 4) is 0 Å². The highest BCUT2D eigenvalue weighted by molar-refractivity contribution is 5.75. The molecule has 2 N–H and O–H groups in total. The first-order valence-electron chi connectivity index (χ1n) is 31.0. The number of unbranched alkanes of at least 4 members (excludes halogenated alkanes) is 15. The van der Waals surface area contributed by atoms with Crippen molar-refractivity contribution < 1.29 is 38.5 Å². The summed E-state index contributed by atoms with van der Waals surface area (Å²) in [7, 11) is 0. The van der Waals surface area contributed by atoms with Crippen molar-refractivity contribution in [2.75, 3.05) is 39.4 Å². The number of fused-ring (bicyclic) bond motifs is 5. The maximum absolute atomic E-state index is 13.5. The zero-order valence-corrected chi connectivity index (χ0v) is 47.7. The number of carbonyl (C=O) groups excluding carboxylic acids is 4. The third-order valence-electron chi connectivity index (χ3n) is 19.2. The highest BCUT2D eigenvalue weighted by Gasteiger charge is 2.65. The summed E-state index contributed by atoms with van der Waals surface area (Å²) < 4.78 is 17.3. The Morgan fingerprint density at radius 3 is 1.68 bits per heavy atom. The van der Waals surface area contributed by atoms with Crippen molar-refractivity contribution in [2.45, 2.75) is 279 Å². The van der Waals surface area contributed by atoms with Crippen LogP contribution in [-0.2, 0) is 33.4 Å². The summed E-state index contributed by atoms with van der Waals surface area (Å²) in [4.78, 5) is 53.2. The maximum atomic E-state index is 13.5. The Labute approximate surface area is 441 Å². The van der Waals surface area contributed by atoms with E-state index in [1.165, 1.54) is 89.9 Å². The van der Waals surface area contributed by atoms with Crippen LogP contribution in [0.25, 0.3) is 0 Å². The fourth-order valence-electron chi connectivity index (χ4n) is 15.0. The van der Waals surface area contributed by atoms with E-state index in [-0.39, 0.29) is 52.8 Å². The number of rotatable bonds is 39. The van der Waals surface area contributed by atoms with Gasteiger partial charge in [0.1, 0.15) is 6.10 Å². The molecule has 11 atom stereocenters. The lowest BCUT2D eigenvalue weighted by atomic mass is 9.41. The van der Waals surface area contributed by atoms with Gasteiger partial charge in [-0.1, -0.05) is 151 Å². The lowest BCUT2D eigenvalue weighted by Crippen LogP contribution is -2.62. The van der Waals surface area contributed by atoms with Gasteiger partial charge in [-0.05, 0) is 149 Å². The predicted octanol–water partition coefficient (Wildman–Crippen LogP) is 14.5. The van der Waals surface area contributed by atoms with E-state index in [2.05, 4.69) is 58.7 Å². The molecule has 0 heterocycles. The number of aliphatic hydroxyl groups is 1. The molecule has 0 aromatic heterocycles. The minimum absolute atomic E-state index is 0.115. The molecule has 0 radical (unpaired) electrons. The molecule has 0 aliphatic heterocycles. The van der Waals surface area contributed by atoms with Crippen molar-refractivity contribution in [1.29, 1.82) is 0 Å². The summed E-state index contributed by atoms with van der Waals surface area (Å²) in [6.45, 7) is 20.0. The molecule has 0 saturated heterocycles. The minimum Gasteiger partial charge on any atom is -0.466 e. The van der Waals surface area contributed by atoms with Gasteiger partial charge in [-0.2, -0.15) is 0 Å². The van der Waals surface area contributed by atoms with Crippen molar-refractivity contribution in [3.05, 3.63) is 0 Å². The lowest BCUT2D eigenvalue weighted by molar-refractivity contribution is -0.207. The average molecular weight is 1010 g/mol. The Bertz CT molecular complexity index is 1490. The van der Waals surface area contributed by atoms with Gasteiger partial charge in [0.2, 0.25) is 5.91 Å². The highest BCUT2D eigenvalue weighted by atomic mass is 16.5. The van der Waals surface area contributed by atoms with Crippen molar-refractivity contribution in [3.63, 3.8) is 0 Å². The molecule has 0 bridgehead atoms. The van der Waals surface area contributed by atoms with E-state index in [1.807, 2.05) is 0 Å². The number of nitrogens with one attached hydrogen (secondary N) is 1. The van der Waals surface area contributed by atoms with Crippen molar-refractivity contribution in [2.24, 2.45) is 52.3 Å². The summed E-state index contributed by atoms with van der Waals surface area (Å²) in [5, 5.41) is 15.8. The first-order valence-corrected chi connectivity index (χ1v) is 31.0. The fourth-order valence-corrected chi connectivity index (χ4v) is 15.0. The van der Waals surface area contributed by atoms with E-state index in [0.717, 1.165) is 110 Å². The quantitative estimate of drug-likeness (QED) is 0.0351. The second-order valence-corrected chi connectivity index (χ2v) is 24.3. The Morgan fingerprint density at radius 1 is 0.583 bits per heavy atom. The molecule has 4 saturated carbocycles. The van der Waals surface area contributed by atoms with Crippen LogP contribution < -0.4 is 5.32 Å². The van der Waals surface area contributed by atoms with Gasteiger partial charge in [-0.3, -0.25) is 19.2 Å². The Hall–Kier alpha value is -2.20. The zero-order valence-electron chi connectivity index (χ0n) is 47.7. The van der Waals surface area contributed by atoms with E-state index in [0.29, 0.717) is 93.7 Å². The van der Waals surface area contributed by atoms with Gasteiger partial charge in [0.25, 0.3) is 0 Å². The van der Waals surface area contributed by atoms with Crippen LogP contribution in [-0.4, -0.2) is 85.4 Å². The third kappa shape index (κ3) is 20.1. The summed E-state index contributed by atoms with van der Waals surface area (Å²) in [5.74, 6) is 2.72. The van der Waals surface area contributed by atoms with Crippen molar-refractivity contribution in [1.82, 2.24) is 10.2 Å². The van der Waals surface area contributed by atoms with E-state index in [9.17, 15) is 24.3 Å². The van der Waals surface area contributed by atoms with Crippen LogP contribution in [0.5, 0.6) is 0 Å². The van der Waals surface area contributed by atoms with E-state index >= 15 is 0 Å². The van der Waals surface area contributed by atoms with Crippen molar-refractivity contribution >= 4 is 23.8 Å². The van der Waals surface area contributed by atoms with Gasteiger partial charge in [-0.25, -0.2) is 0 Å². The lowest BCUT2D eigenvalue weighted by Gasteiger charge is -2.65. The molecule has 4 aliphatic carbocycles. The fraction of sp³-hybridized carbons (Fsp3) is 0.935. The summed E-state index contributed by atoms with van der Waals surface area (Å²) in [6, 6.07) is 0. The number of esters is 3. The van der Waals surface area contributed by atoms with E-state index in [4.69, 9.17) is 14.2 Å². The highest BCUT2D eigenvalue weighted by Crippen LogP contribution is 2.69. The largest absolute Gasteiger partial charge is 0.466 e. The molecule has 4 fully saturated rings. The molecule has 0 aromatic carbocycles. The average Bonchev–Trinajstić information content (AvgIpc) is 3.72. The number of aliphatic hydroxyl groups excluding tert-OH is 1. The Morgan fingerprint density at radius 2 is 1.10 bits per heavy atom. The van der Waals surface area contributed by atoms with Gasteiger partial charge in [0.05, 0.1) is 19.3 Å². The first-order chi connectivity index (χ1) is 34.8. The molecule has 10 heteroatoms. The molecule has 4 rings (SSSR count). The molecule has 0 aromatic rings. The standard InChI is InChI=1S/C62H112N2O8/c1-8-12-15-16-17-18-19-20-21-22-23-26-41-63-55(65)36-33-48(5)51-34-35-52-59-53(38-40-61(51,52)6)62(7)39-37-49(47-54(62)50(11-4)60(59)69)72-58(68)32-27-42-64(43-28-45-70-56(66)30-24-13-9-2)44-29-46-71-57(67)31-25-14-10-3/h48-54,59-60,69H,8-47H2,1-7H3,(H,63,65)/t48-,49-,50-,51-,52+,53+,54+,59+,60-,61-,62-/m1/s1. The van der Waals surface area contributed by atoms with Gasteiger partial charge in [0, 0.05) is 45.3 Å². The smallest absolute Gasteiger partial charge is 0.306 e. The van der Waals surface area contributed by atoms with Crippen LogP contribution in [0.4, 0.5) is 0 Å². The zero-order chi connectivity index (χ0) is 52.2. The van der Waals surface area contributed by atoms with Crippen LogP contribution in [0.2, 0.25) is 0 Å².